The third-order valence-corrected chi connectivity index (χ3v) is 7.49. The number of carbonyl (C=O) groups is 2. The van der Waals surface area contributed by atoms with Gasteiger partial charge in [0, 0.05) is 18.5 Å². The van der Waals surface area contributed by atoms with Crippen LogP contribution in [-0.4, -0.2) is 41.0 Å². The number of Topliss-reactive ketones (excluding diaryl/α,β-unsaturated/α-hetero) is 1. The van der Waals surface area contributed by atoms with Crippen LogP contribution in [0, 0.1) is 0 Å². The van der Waals surface area contributed by atoms with Crippen molar-refractivity contribution in [3.63, 3.8) is 0 Å². The van der Waals surface area contributed by atoms with E-state index in [1.54, 1.807) is 12.1 Å². The van der Waals surface area contributed by atoms with Crippen LogP contribution < -0.4 is 14.2 Å². The first-order valence-corrected chi connectivity index (χ1v) is 14.4. The van der Waals surface area contributed by atoms with Crippen molar-refractivity contribution in [1.82, 2.24) is 4.90 Å². The SMILES string of the molecule is CCCCCOc1ccc(C2/C(=C(\O)c3ccc4c(c3)CC(C)O4)C(=O)C(=O)N2Cc2ccccc2)cc1OCC. The number of nitrogens with zero attached hydrogens (tertiary/aromatic N) is 1. The number of carbonyl (C=O) groups excluding carboxylic acids is 2. The second-order valence-electron chi connectivity index (χ2n) is 10.6. The van der Waals surface area contributed by atoms with Gasteiger partial charge >= 0.3 is 0 Å². The predicted molar refractivity (Wildman–Crippen MR) is 157 cm³/mol. The Labute approximate surface area is 241 Å². The van der Waals surface area contributed by atoms with Gasteiger partial charge in [0.15, 0.2) is 11.5 Å². The minimum Gasteiger partial charge on any atom is -0.507 e. The maximum Gasteiger partial charge on any atom is 0.295 e. The van der Waals surface area contributed by atoms with Gasteiger partial charge in [0.2, 0.25) is 0 Å². The monoisotopic (exact) mass is 555 g/mol. The van der Waals surface area contributed by atoms with Gasteiger partial charge < -0.3 is 24.2 Å². The minimum atomic E-state index is -0.813. The summed E-state index contributed by atoms with van der Waals surface area (Å²) < 4.78 is 17.8. The summed E-state index contributed by atoms with van der Waals surface area (Å²) in [5, 5.41) is 11.6. The molecule has 0 aromatic heterocycles. The Morgan fingerprint density at radius 3 is 2.54 bits per heavy atom. The van der Waals surface area contributed by atoms with Gasteiger partial charge in [-0.1, -0.05) is 56.2 Å². The molecule has 0 spiro atoms. The quantitative estimate of drug-likeness (QED) is 0.124. The molecule has 1 amide bonds. The fourth-order valence-electron chi connectivity index (χ4n) is 5.51. The summed E-state index contributed by atoms with van der Waals surface area (Å²) in [5.74, 6) is 0.341. The second-order valence-corrected chi connectivity index (χ2v) is 10.6. The maximum absolute atomic E-state index is 13.6. The van der Waals surface area contributed by atoms with E-state index < -0.39 is 17.7 Å². The fraction of sp³-hybridized carbons (Fsp3) is 0.353. The largest absolute Gasteiger partial charge is 0.507 e. The Bertz CT molecular complexity index is 1450. The van der Waals surface area contributed by atoms with Gasteiger partial charge in [-0.2, -0.15) is 0 Å². The summed E-state index contributed by atoms with van der Waals surface area (Å²) in [6, 6.07) is 19.6. The molecule has 3 aromatic carbocycles. The van der Waals surface area contributed by atoms with Gasteiger partial charge in [-0.3, -0.25) is 9.59 Å². The van der Waals surface area contributed by atoms with Crippen LogP contribution in [0.15, 0.2) is 72.3 Å². The third kappa shape index (κ3) is 5.94. The Kier molecular flexibility index (Phi) is 8.62. The van der Waals surface area contributed by atoms with Gasteiger partial charge in [-0.25, -0.2) is 0 Å². The number of ketones is 1. The van der Waals surface area contributed by atoms with Gasteiger partial charge in [0.1, 0.15) is 17.6 Å². The molecule has 41 heavy (non-hydrogen) atoms. The lowest BCUT2D eigenvalue weighted by Gasteiger charge is -2.26. The topological polar surface area (TPSA) is 85.3 Å². The van der Waals surface area contributed by atoms with Crippen LogP contribution in [0.25, 0.3) is 5.76 Å². The van der Waals surface area contributed by atoms with Crippen LogP contribution >= 0.6 is 0 Å². The molecule has 1 fully saturated rings. The molecular formula is C34H37NO6. The van der Waals surface area contributed by atoms with E-state index in [2.05, 4.69) is 6.92 Å². The van der Waals surface area contributed by atoms with E-state index >= 15 is 0 Å². The number of fused-ring (bicyclic) bond motifs is 1. The molecule has 0 bridgehead atoms. The summed E-state index contributed by atoms with van der Waals surface area (Å²) in [6.07, 6.45) is 3.85. The summed E-state index contributed by atoms with van der Waals surface area (Å²) in [5.41, 5.74) is 3.02. The highest BCUT2D eigenvalue weighted by atomic mass is 16.5. The first-order valence-electron chi connectivity index (χ1n) is 14.4. The lowest BCUT2D eigenvalue weighted by Crippen LogP contribution is -2.29. The van der Waals surface area contributed by atoms with Gasteiger partial charge in [0.25, 0.3) is 11.7 Å². The van der Waals surface area contributed by atoms with Crippen molar-refractivity contribution in [3.05, 3.63) is 94.6 Å². The molecule has 2 unspecified atom stereocenters. The normalized spacial score (nSPS) is 19.2. The molecule has 0 radical (unpaired) electrons. The molecule has 2 aliphatic rings. The third-order valence-electron chi connectivity index (χ3n) is 7.49. The number of hydrogen-bond donors (Lipinski definition) is 1. The van der Waals surface area contributed by atoms with E-state index in [0.29, 0.717) is 42.3 Å². The number of benzene rings is 3. The van der Waals surface area contributed by atoms with Crippen molar-refractivity contribution in [2.24, 2.45) is 0 Å². The molecule has 5 rings (SSSR count). The average Bonchev–Trinajstić information content (AvgIpc) is 3.47. The molecule has 2 aliphatic heterocycles. The zero-order chi connectivity index (χ0) is 28.9. The molecule has 0 aliphatic carbocycles. The highest BCUT2D eigenvalue weighted by molar-refractivity contribution is 6.46. The smallest absolute Gasteiger partial charge is 0.295 e. The Balaban J connectivity index is 1.59. The first kappa shape index (κ1) is 28.3. The number of hydrogen-bond acceptors (Lipinski definition) is 6. The molecule has 3 aromatic rings. The highest BCUT2D eigenvalue weighted by Gasteiger charge is 2.46. The van der Waals surface area contributed by atoms with Crippen molar-refractivity contribution in [2.45, 2.75) is 65.1 Å². The van der Waals surface area contributed by atoms with Crippen LogP contribution in [-0.2, 0) is 22.6 Å². The van der Waals surface area contributed by atoms with E-state index in [1.165, 1.54) is 4.90 Å². The minimum absolute atomic E-state index is 0.0403. The van der Waals surface area contributed by atoms with Crippen molar-refractivity contribution in [1.29, 1.82) is 0 Å². The van der Waals surface area contributed by atoms with Crippen LogP contribution in [0.4, 0.5) is 0 Å². The van der Waals surface area contributed by atoms with E-state index in [4.69, 9.17) is 14.2 Å². The first-order chi connectivity index (χ1) is 19.9. The van der Waals surface area contributed by atoms with E-state index in [0.717, 1.165) is 36.1 Å². The number of rotatable bonds is 11. The summed E-state index contributed by atoms with van der Waals surface area (Å²) in [4.78, 5) is 28.6. The summed E-state index contributed by atoms with van der Waals surface area (Å²) >= 11 is 0. The van der Waals surface area contributed by atoms with Crippen molar-refractivity contribution >= 4 is 17.4 Å². The standard InChI is InChI=1S/C34H37NO6/c1-4-6-10-17-40-28-16-13-24(20-29(28)39-5-2)31-30(32(36)25-14-15-27-26(19-25)18-22(3)41-27)33(37)34(38)35(31)21-23-11-8-7-9-12-23/h7-9,11-16,19-20,22,31,36H,4-6,10,17-18,21H2,1-3H3/b32-30+. The zero-order valence-corrected chi connectivity index (χ0v) is 23.9. The van der Waals surface area contributed by atoms with E-state index in [1.807, 2.05) is 68.4 Å². The summed E-state index contributed by atoms with van der Waals surface area (Å²) in [6.45, 7) is 7.23. The predicted octanol–water partition coefficient (Wildman–Crippen LogP) is 6.60. The molecule has 214 valence electrons. The number of unbranched alkanes of at least 4 members (excludes halogenated alkanes) is 2. The molecule has 2 heterocycles. The van der Waals surface area contributed by atoms with Gasteiger partial charge in [-0.05, 0) is 67.3 Å². The Morgan fingerprint density at radius 2 is 1.78 bits per heavy atom. The Morgan fingerprint density at radius 1 is 0.976 bits per heavy atom. The molecule has 1 N–H and O–H groups in total. The van der Waals surface area contributed by atoms with Crippen LogP contribution in [0.5, 0.6) is 17.2 Å². The lowest BCUT2D eigenvalue weighted by molar-refractivity contribution is -0.140. The second kappa shape index (κ2) is 12.5. The maximum atomic E-state index is 13.6. The number of aliphatic hydroxyl groups is 1. The average molecular weight is 556 g/mol. The molecule has 1 saturated heterocycles. The molecule has 2 atom stereocenters. The molecular weight excluding hydrogens is 518 g/mol. The molecule has 7 heteroatoms. The molecule has 7 nitrogen and oxygen atoms in total. The van der Waals surface area contributed by atoms with E-state index in [9.17, 15) is 14.7 Å². The van der Waals surface area contributed by atoms with Crippen LogP contribution in [0.2, 0.25) is 0 Å². The van der Waals surface area contributed by atoms with Crippen molar-refractivity contribution < 1.29 is 28.9 Å². The lowest BCUT2D eigenvalue weighted by atomic mass is 9.94. The number of likely N-dealkylation sites (tertiary alicyclic amines) is 1. The van der Waals surface area contributed by atoms with Gasteiger partial charge in [-0.15, -0.1) is 0 Å². The summed E-state index contributed by atoms with van der Waals surface area (Å²) in [7, 11) is 0. The fourth-order valence-corrected chi connectivity index (χ4v) is 5.51. The van der Waals surface area contributed by atoms with Gasteiger partial charge in [0.05, 0.1) is 24.8 Å². The van der Waals surface area contributed by atoms with Crippen LogP contribution in [0.1, 0.15) is 68.3 Å². The van der Waals surface area contributed by atoms with Crippen molar-refractivity contribution in [3.8, 4) is 17.2 Å². The number of ether oxygens (including phenoxy) is 3. The zero-order valence-electron chi connectivity index (χ0n) is 23.9. The Hall–Kier alpha value is -4.26. The molecule has 0 saturated carbocycles. The number of amides is 1. The number of aliphatic hydroxyl groups excluding tert-OH is 1. The highest BCUT2D eigenvalue weighted by Crippen LogP contribution is 2.43. The van der Waals surface area contributed by atoms with E-state index in [-0.39, 0.29) is 24.0 Å². The van der Waals surface area contributed by atoms with Crippen molar-refractivity contribution in [2.75, 3.05) is 13.2 Å². The van der Waals surface area contributed by atoms with Crippen LogP contribution in [0.3, 0.4) is 0 Å².